The van der Waals surface area contributed by atoms with E-state index in [1.165, 1.54) is 4.90 Å². The minimum Gasteiger partial charge on any atom is -0.395 e. The zero-order valence-corrected chi connectivity index (χ0v) is 18.3. The third kappa shape index (κ3) is 3.22. The second kappa shape index (κ2) is 7.52. The van der Waals surface area contributed by atoms with Crippen LogP contribution in [0.3, 0.4) is 0 Å². The molecule has 0 saturated carbocycles. The summed E-state index contributed by atoms with van der Waals surface area (Å²) >= 11 is 1.66. The maximum absolute atomic E-state index is 13.4. The SMILES string of the molecule is CCCNC(=O)[C@@H]1[C@@H]2CC(C)C3(S2)C(C(=O)NC(C)(C)C)N(CCO)C(=O)[C@H]13. The Morgan fingerprint density at radius 1 is 1.32 bits per heavy atom. The fourth-order valence-electron chi connectivity index (χ4n) is 5.27. The quantitative estimate of drug-likeness (QED) is 0.599. The highest BCUT2D eigenvalue weighted by Gasteiger charge is 2.75. The van der Waals surface area contributed by atoms with Crippen molar-refractivity contribution < 1.29 is 19.5 Å². The van der Waals surface area contributed by atoms with Gasteiger partial charge in [0.25, 0.3) is 0 Å². The van der Waals surface area contributed by atoms with Crippen LogP contribution in [0.4, 0.5) is 0 Å². The summed E-state index contributed by atoms with van der Waals surface area (Å²) in [6, 6.07) is -0.662. The zero-order chi connectivity index (χ0) is 20.9. The van der Waals surface area contributed by atoms with Crippen molar-refractivity contribution in [2.45, 2.75) is 69.0 Å². The monoisotopic (exact) mass is 411 g/mol. The molecule has 8 heteroatoms. The lowest BCUT2D eigenvalue weighted by molar-refractivity contribution is -0.140. The van der Waals surface area contributed by atoms with Gasteiger partial charge in [0.05, 0.1) is 23.2 Å². The number of aliphatic hydroxyl groups excluding tert-OH is 1. The second-order valence-electron chi connectivity index (χ2n) is 9.34. The summed E-state index contributed by atoms with van der Waals surface area (Å²) in [4.78, 5) is 41.2. The lowest BCUT2D eigenvalue weighted by atomic mass is 9.65. The van der Waals surface area contributed by atoms with Gasteiger partial charge in [-0.15, -0.1) is 11.8 Å². The number of nitrogens with one attached hydrogen (secondary N) is 2. The van der Waals surface area contributed by atoms with Crippen LogP contribution in [-0.2, 0) is 14.4 Å². The molecule has 3 fully saturated rings. The number of carbonyl (C=O) groups is 3. The lowest BCUT2D eigenvalue weighted by Gasteiger charge is -2.39. The van der Waals surface area contributed by atoms with Crippen LogP contribution in [-0.4, -0.2) is 69.0 Å². The van der Waals surface area contributed by atoms with E-state index in [0.717, 1.165) is 12.8 Å². The van der Waals surface area contributed by atoms with Gasteiger partial charge in [0.2, 0.25) is 17.7 Å². The number of rotatable bonds is 6. The van der Waals surface area contributed by atoms with Gasteiger partial charge in [-0.25, -0.2) is 0 Å². The van der Waals surface area contributed by atoms with Crippen molar-refractivity contribution in [3.05, 3.63) is 0 Å². The Balaban J connectivity index is 2.00. The number of thioether (sulfide) groups is 1. The number of hydrogen-bond acceptors (Lipinski definition) is 5. The molecule has 1 spiro atoms. The van der Waals surface area contributed by atoms with Crippen LogP contribution in [0.2, 0.25) is 0 Å². The highest BCUT2D eigenvalue weighted by Crippen LogP contribution is 2.68. The molecule has 158 valence electrons. The molecule has 3 aliphatic rings. The van der Waals surface area contributed by atoms with Gasteiger partial charge in [-0.2, -0.15) is 0 Å². The Kier molecular flexibility index (Phi) is 5.75. The molecule has 2 bridgehead atoms. The standard InChI is InChI=1S/C20H33N3O4S/c1-6-7-21-16(25)13-12-10-11(2)20(28-12)14(13)18(27)23(8-9-24)15(20)17(26)22-19(3,4)5/h11-15,24H,6-10H2,1-5H3,(H,21,25)(H,22,26)/t11?,12-,13+,14-,15?,20?/m0/s1. The van der Waals surface area contributed by atoms with E-state index >= 15 is 0 Å². The highest BCUT2D eigenvalue weighted by molar-refractivity contribution is 8.02. The topological polar surface area (TPSA) is 98.7 Å². The molecule has 3 saturated heterocycles. The summed E-state index contributed by atoms with van der Waals surface area (Å²) in [5.41, 5.74) is -0.428. The number of fused-ring (bicyclic) bond motifs is 1. The van der Waals surface area contributed by atoms with Gasteiger partial charge in [0, 0.05) is 23.9 Å². The Labute approximate surface area is 171 Å². The molecule has 0 aromatic heterocycles. The number of amides is 3. The number of aliphatic hydroxyl groups is 1. The third-order valence-electron chi connectivity index (χ3n) is 6.18. The maximum Gasteiger partial charge on any atom is 0.244 e. The molecule has 6 atom stereocenters. The number of hydrogen-bond donors (Lipinski definition) is 3. The van der Waals surface area contributed by atoms with Crippen molar-refractivity contribution in [3.8, 4) is 0 Å². The van der Waals surface area contributed by atoms with Crippen LogP contribution in [0.5, 0.6) is 0 Å². The van der Waals surface area contributed by atoms with E-state index in [1.54, 1.807) is 11.8 Å². The first kappa shape index (κ1) is 21.4. The van der Waals surface area contributed by atoms with Crippen LogP contribution in [0, 0.1) is 17.8 Å². The average molecular weight is 412 g/mol. The van der Waals surface area contributed by atoms with Crippen LogP contribution in [0.15, 0.2) is 0 Å². The fourth-order valence-corrected chi connectivity index (χ4v) is 7.69. The Hall–Kier alpha value is -1.28. The molecule has 3 N–H and O–H groups in total. The minimum atomic E-state index is -0.662. The molecule has 3 rings (SSSR count). The Bertz CT molecular complexity index is 664. The van der Waals surface area contributed by atoms with E-state index in [4.69, 9.17) is 0 Å². The molecule has 0 aromatic rings. The minimum absolute atomic E-state index is 0.0574. The van der Waals surface area contributed by atoms with Crippen molar-refractivity contribution in [1.29, 1.82) is 0 Å². The summed E-state index contributed by atoms with van der Waals surface area (Å²) in [7, 11) is 0. The van der Waals surface area contributed by atoms with Crippen molar-refractivity contribution in [3.63, 3.8) is 0 Å². The molecule has 0 aliphatic carbocycles. The van der Waals surface area contributed by atoms with Crippen LogP contribution in [0.1, 0.15) is 47.5 Å². The molecule has 28 heavy (non-hydrogen) atoms. The molecule has 7 nitrogen and oxygen atoms in total. The fraction of sp³-hybridized carbons (Fsp3) is 0.850. The van der Waals surface area contributed by atoms with E-state index in [0.29, 0.717) is 6.54 Å². The van der Waals surface area contributed by atoms with Gasteiger partial charge in [0.15, 0.2) is 0 Å². The van der Waals surface area contributed by atoms with Crippen molar-refractivity contribution >= 4 is 29.5 Å². The molecule has 0 aromatic carbocycles. The number of likely N-dealkylation sites (tertiary alicyclic amines) is 1. The van der Waals surface area contributed by atoms with E-state index in [9.17, 15) is 19.5 Å². The molecular formula is C20H33N3O4S. The Morgan fingerprint density at radius 2 is 2.00 bits per heavy atom. The third-order valence-corrected chi connectivity index (χ3v) is 8.26. The van der Waals surface area contributed by atoms with E-state index in [2.05, 4.69) is 17.6 Å². The smallest absolute Gasteiger partial charge is 0.244 e. The molecule has 3 unspecified atom stereocenters. The van der Waals surface area contributed by atoms with Crippen LogP contribution >= 0.6 is 11.8 Å². The number of β-amino-alcohol motifs (C(OH)–C–C–N with tert-alkyl or cyclic N) is 1. The maximum atomic E-state index is 13.4. The van der Waals surface area contributed by atoms with Crippen molar-refractivity contribution in [1.82, 2.24) is 15.5 Å². The predicted molar refractivity (Wildman–Crippen MR) is 109 cm³/mol. The summed E-state index contributed by atoms with van der Waals surface area (Å²) in [6.07, 6.45) is 1.66. The predicted octanol–water partition coefficient (Wildman–Crippen LogP) is 0.757. The number of nitrogens with zero attached hydrogens (tertiary/aromatic N) is 1. The summed E-state index contributed by atoms with van der Waals surface area (Å²) in [6.45, 7) is 10.3. The van der Waals surface area contributed by atoms with Gasteiger partial charge in [-0.3, -0.25) is 14.4 Å². The van der Waals surface area contributed by atoms with E-state index in [1.807, 2.05) is 27.7 Å². The van der Waals surface area contributed by atoms with Crippen molar-refractivity contribution in [2.24, 2.45) is 17.8 Å². The molecular weight excluding hydrogens is 378 g/mol. The summed E-state index contributed by atoms with van der Waals surface area (Å²) in [5, 5.41) is 15.6. The molecule has 3 heterocycles. The number of carbonyl (C=O) groups excluding carboxylic acids is 3. The van der Waals surface area contributed by atoms with Gasteiger partial charge < -0.3 is 20.6 Å². The molecule has 0 radical (unpaired) electrons. The summed E-state index contributed by atoms with van der Waals surface area (Å²) in [5.74, 6) is -1.20. The average Bonchev–Trinajstić information content (AvgIpc) is 3.16. The normalized spacial score (nSPS) is 36.6. The Morgan fingerprint density at radius 3 is 2.57 bits per heavy atom. The van der Waals surface area contributed by atoms with Gasteiger partial charge in [-0.1, -0.05) is 13.8 Å². The first-order valence-corrected chi connectivity index (χ1v) is 11.1. The van der Waals surface area contributed by atoms with Crippen LogP contribution < -0.4 is 10.6 Å². The van der Waals surface area contributed by atoms with Gasteiger partial charge in [-0.05, 0) is 39.5 Å². The van der Waals surface area contributed by atoms with E-state index in [-0.39, 0.29) is 42.0 Å². The highest BCUT2D eigenvalue weighted by atomic mass is 32.2. The first-order valence-electron chi connectivity index (χ1n) is 10.3. The zero-order valence-electron chi connectivity index (χ0n) is 17.4. The largest absolute Gasteiger partial charge is 0.395 e. The first-order chi connectivity index (χ1) is 13.1. The van der Waals surface area contributed by atoms with Gasteiger partial charge in [0.1, 0.15) is 6.04 Å². The molecule has 3 amide bonds. The van der Waals surface area contributed by atoms with Gasteiger partial charge >= 0.3 is 0 Å². The van der Waals surface area contributed by atoms with Crippen LogP contribution in [0.25, 0.3) is 0 Å². The van der Waals surface area contributed by atoms with Crippen molar-refractivity contribution in [2.75, 3.05) is 19.7 Å². The lowest BCUT2D eigenvalue weighted by Crippen LogP contribution is -2.59. The summed E-state index contributed by atoms with van der Waals surface area (Å²) < 4.78 is -0.611. The van der Waals surface area contributed by atoms with E-state index < -0.39 is 28.2 Å². The molecule has 3 aliphatic heterocycles. The second-order valence-corrected chi connectivity index (χ2v) is 10.9.